The van der Waals surface area contributed by atoms with E-state index >= 15 is 0 Å². The van der Waals surface area contributed by atoms with Gasteiger partial charge in [0, 0.05) is 51.7 Å². The van der Waals surface area contributed by atoms with Crippen molar-refractivity contribution in [3.05, 3.63) is 0 Å². The molecule has 1 fully saturated rings. The zero-order chi connectivity index (χ0) is 15.0. The highest BCUT2D eigenvalue weighted by molar-refractivity contribution is 5.76. The molecule has 0 spiro atoms. The quantitative estimate of drug-likeness (QED) is 0.658. The largest absolute Gasteiger partial charge is 0.340 e. The fraction of sp³-hybridized carbons (Fsp3) is 0.933. The third kappa shape index (κ3) is 7.22. The van der Waals surface area contributed by atoms with E-state index in [1.807, 2.05) is 4.90 Å². The standard InChI is InChI=1S/C15H32N4O/c1-14(2)16-7-5-6-15(20)19-12-10-18(11-13-19)9-8-17(3)4/h14,16H,5-13H2,1-4H3. The van der Waals surface area contributed by atoms with Gasteiger partial charge in [-0.3, -0.25) is 9.69 Å². The van der Waals surface area contributed by atoms with Crippen LogP contribution in [0.1, 0.15) is 26.7 Å². The van der Waals surface area contributed by atoms with Crippen molar-refractivity contribution in [1.29, 1.82) is 0 Å². The van der Waals surface area contributed by atoms with Gasteiger partial charge in [0.25, 0.3) is 0 Å². The van der Waals surface area contributed by atoms with Gasteiger partial charge in [-0.2, -0.15) is 0 Å². The lowest BCUT2D eigenvalue weighted by Gasteiger charge is -2.35. The molecule has 0 bridgehead atoms. The number of piperazine rings is 1. The Balaban J connectivity index is 2.12. The second kappa shape index (κ2) is 9.32. The molecule has 1 saturated heterocycles. The van der Waals surface area contributed by atoms with Crippen molar-refractivity contribution in [3.8, 4) is 0 Å². The van der Waals surface area contributed by atoms with Crippen LogP contribution in [-0.2, 0) is 4.79 Å². The minimum Gasteiger partial charge on any atom is -0.340 e. The van der Waals surface area contributed by atoms with Gasteiger partial charge in [-0.05, 0) is 27.1 Å². The summed E-state index contributed by atoms with van der Waals surface area (Å²) < 4.78 is 0. The van der Waals surface area contributed by atoms with E-state index in [-0.39, 0.29) is 0 Å². The summed E-state index contributed by atoms with van der Waals surface area (Å²) in [5.41, 5.74) is 0. The lowest BCUT2D eigenvalue weighted by Crippen LogP contribution is -2.50. The summed E-state index contributed by atoms with van der Waals surface area (Å²) in [6.45, 7) is 11.2. The Morgan fingerprint density at radius 3 is 2.40 bits per heavy atom. The topological polar surface area (TPSA) is 38.8 Å². The van der Waals surface area contributed by atoms with E-state index in [1.54, 1.807) is 0 Å². The minimum atomic E-state index is 0.322. The number of nitrogens with one attached hydrogen (secondary N) is 1. The first-order valence-electron chi connectivity index (χ1n) is 7.87. The van der Waals surface area contributed by atoms with E-state index in [1.165, 1.54) is 0 Å². The first-order chi connectivity index (χ1) is 9.49. The number of hydrogen-bond acceptors (Lipinski definition) is 4. The SMILES string of the molecule is CC(C)NCCCC(=O)N1CCN(CCN(C)C)CC1. The van der Waals surface area contributed by atoms with E-state index in [2.05, 4.69) is 43.1 Å². The summed E-state index contributed by atoms with van der Waals surface area (Å²) in [4.78, 5) is 18.8. The van der Waals surface area contributed by atoms with Crippen molar-refractivity contribution in [2.24, 2.45) is 0 Å². The van der Waals surface area contributed by atoms with E-state index in [4.69, 9.17) is 0 Å². The maximum Gasteiger partial charge on any atom is 0.222 e. The number of carbonyl (C=O) groups is 1. The van der Waals surface area contributed by atoms with Crippen LogP contribution in [0.5, 0.6) is 0 Å². The molecule has 20 heavy (non-hydrogen) atoms. The summed E-state index contributed by atoms with van der Waals surface area (Å²) in [7, 11) is 4.20. The molecule has 118 valence electrons. The van der Waals surface area contributed by atoms with Crippen LogP contribution in [0, 0.1) is 0 Å². The molecule has 0 saturated carbocycles. The van der Waals surface area contributed by atoms with Crippen LogP contribution in [0.2, 0.25) is 0 Å². The predicted molar refractivity (Wildman–Crippen MR) is 83.9 cm³/mol. The fourth-order valence-electron chi connectivity index (χ4n) is 2.35. The lowest BCUT2D eigenvalue weighted by molar-refractivity contribution is -0.133. The maximum absolute atomic E-state index is 12.1. The van der Waals surface area contributed by atoms with Gasteiger partial charge in [0.05, 0.1) is 0 Å². The molecule has 1 rings (SSSR count). The summed E-state index contributed by atoms with van der Waals surface area (Å²) in [5.74, 6) is 0.322. The Labute approximate surface area is 124 Å². The lowest BCUT2D eigenvalue weighted by atomic mass is 10.2. The van der Waals surface area contributed by atoms with Gasteiger partial charge in [0.1, 0.15) is 0 Å². The zero-order valence-electron chi connectivity index (χ0n) is 13.7. The van der Waals surface area contributed by atoms with Crippen molar-refractivity contribution < 1.29 is 4.79 Å². The van der Waals surface area contributed by atoms with Crippen LogP contribution in [0.4, 0.5) is 0 Å². The fourth-order valence-corrected chi connectivity index (χ4v) is 2.35. The molecule has 5 heteroatoms. The number of likely N-dealkylation sites (N-methyl/N-ethyl adjacent to an activating group) is 1. The summed E-state index contributed by atoms with van der Waals surface area (Å²) >= 11 is 0. The van der Waals surface area contributed by atoms with Crippen LogP contribution >= 0.6 is 0 Å². The number of nitrogens with zero attached hydrogens (tertiary/aromatic N) is 3. The molecular formula is C15H32N4O. The van der Waals surface area contributed by atoms with Crippen molar-refractivity contribution in [2.75, 3.05) is 59.9 Å². The predicted octanol–water partition coefficient (Wildman–Crippen LogP) is 0.470. The number of hydrogen-bond donors (Lipinski definition) is 1. The second-order valence-electron chi connectivity index (χ2n) is 6.24. The summed E-state index contributed by atoms with van der Waals surface area (Å²) in [6, 6.07) is 0.505. The average molecular weight is 284 g/mol. The Kier molecular flexibility index (Phi) is 8.11. The van der Waals surface area contributed by atoms with Crippen molar-refractivity contribution in [3.63, 3.8) is 0 Å². The van der Waals surface area contributed by atoms with Crippen LogP contribution < -0.4 is 5.32 Å². The van der Waals surface area contributed by atoms with Gasteiger partial charge in [-0.15, -0.1) is 0 Å². The molecule has 0 aromatic rings. The molecule has 0 aromatic carbocycles. The van der Waals surface area contributed by atoms with Crippen LogP contribution in [0.3, 0.4) is 0 Å². The number of rotatable bonds is 8. The molecular weight excluding hydrogens is 252 g/mol. The summed E-state index contributed by atoms with van der Waals surface area (Å²) in [6.07, 6.45) is 1.62. The third-order valence-corrected chi connectivity index (χ3v) is 3.71. The van der Waals surface area contributed by atoms with Gasteiger partial charge in [-0.1, -0.05) is 13.8 Å². The van der Waals surface area contributed by atoms with Gasteiger partial charge < -0.3 is 15.1 Å². The monoisotopic (exact) mass is 284 g/mol. The van der Waals surface area contributed by atoms with E-state index in [0.29, 0.717) is 18.4 Å². The molecule has 1 N–H and O–H groups in total. The van der Waals surface area contributed by atoms with Gasteiger partial charge >= 0.3 is 0 Å². The molecule has 0 aliphatic carbocycles. The molecule has 0 radical (unpaired) electrons. The second-order valence-corrected chi connectivity index (χ2v) is 6.24. The molecule has 5 nitrogen and oxygen atoms in total. The van der Waals surface area contributed by atoms with Crippen molar-refractivity contribution in [2.45, 2.75) is 32.7 Å². The third-order valence-electron chi connectivity index (χ3n) is 3.71. The van der Waals surface area contributed by atoms with E-state index in [0.717, 1.165) is 52.2 Å². The van der Waals surface area contributed by atoms with Crippen molar-refractivity contribution >= 4 is 5.91 Å². The first-order valence-corrected chi connectivity index (χ1v) is 7.87. The molecule has 1 amide bonds. The highest BCUT2D eigenvalue weighted by atomic mass is 16.2. The van der Waals surface area contributed by atoms with Crippen LogP contribution in [0.25, 0.3) is 0 Å². The molecule has 0 atom stereocenters. The van der Waals surface area contributed by atoms with Gasteiger partial charge in [-0.25, -0.2) is 0 Å². The van der Waals surface area contributed by atoms with Crippen LogP contribution in [-0.4, -0.2) is 86.6 Å². The Hall–Kier alpha value is -0.650. The van der Waals surface area contributed by atoms with Crippen LogP contribution in [0.15, 0.2) is 0 Å². The van der Waals surface area contributed by atoms with Gasteiger partial charge in [0.2, 0.25) is 5.91 Å². The molecule has 0 aromatic heterocycles. The smallest absolute Gasteiger partial charge is 0.222 e. The Morgan fingerprint density at radius 2 is 1.85 bits per heavy atom. The minimum absolute atomic E-state index is 0.322. The zero-order valence-corrected chi connectivity index (χ0v) is 13.7. The average Bonchev–Trinajstić information content (AvgIpc) is 2.41. The van der Waals surface area contributed by atoms with Gasteiger partial charge in [0.15, 0.2) is 0 Å². The Morgan fingerprint density at radius 1 is 1.20 bits per heavy atom. The highest BCUT2D eigenvalue weighted by Crippen LogP contribution is 2.05. The van der Waals surface area contributed by atoms with E-state index in [9.17, 15) is 4.79 Å². The highest BCUT2D eigenvalue weighted by Gasteiger charge is 2.20. The van der Waals surface area contributed by atoms with Crippen molar-refractivity contribution in [1.82, 2.24) is 20.0 Å². The normalized spacial score (nSPS) is 17.2. The summed E-state index contributed by atoms with van der Waals surface area (Å²) in [5, 5.41) is 3.35. The molecule has 1 aliphatic rings. The molecule has 1 heterocycles. The van der Waals surface area contributed by atoms with E-state index < -0.39 is 0 Å². The molecule has 1 aliphatic heterocycles. The molecule has 0 unspecified atom stereocenters. The number of amides is 1. The maximum atomic E-state index is 12.1. The Bertz CT molecular complexity index is 273. The number of carbonyl (C=O) groups excluding carboxylic acids is 1. The first kappa shape index (κ1) is 17.4.